The summed E-state index contributed by atoms with van der Waals surface area (Å²) in [6.07, 6.45) is 0. The monoisotopic (exact) mass is 234 g/mol. The minimum absolute atomic E-state index is 0.246. The van der Waals surface area contributed by atoms with Crippen LogP contribution in [0.4, 0.5) is 0 Å². The third-order valence-corrected chi connectivity index (χ3v) is 2.12. The first kappa shape index (κ1) is 6.92. The molecule has 36 valence electrons. The summed E-state index contributed by atoms with van der Waals surface area (Å²) in [5.41, 5.74) is 0. The van der Waals surface area contributed by atoms with E-state index in [0.29, 0.717) is 0 Å². The molecular weight excluding hydrogens is 235 g/mol. The van der Waals surface area contributed by atoms with Crippen molar-refractivity contribution in [2.24, 2.45) is 0 Å². The summed E-state index contributed by atoms with van der Waals surface area (Å²) in [6.45, 7) is 0. The number of halogens is 3. The van der Waals surface area contributed by atoms with E-state index < -0.39 is 4.29 Å². The Hall–Kier alpha value is 0.920. The molecule has 4 heteroatoms. The largest absolute Gasteiger partial charge is 0.284 e. The second-order valence-electron chi connectivity index (χ2n) is 0.605. The van der Waals surface area contributed by atoms with Crippen LogP contribution in [0.5, 0.6) is 0 Å². The molecule has 0 aliphatic rings. The third kappa shape index (κ3) is 3.12. The Kier molecular flexibility index (Phi) is 3.45. The number of carbonyl (C=O) groups excluding carboxylic acids is 1. The van der Waals surface area contributed by atoms with Crippen LogP contribution in [0.15, 0.2) is 0 Å². The van der Waals surface area contributed by atoms with Crippen LogP contribution in [0, 0.1) is 0 Å². The number of alkyl halides is 2. The lowest BCUT2D eigenvalue weighted by Crippen LogP contribution is -1.93. The summed E-state index contributed by atoms with van der Waals surface area (Å²) in [5.74, 6) is 0. The highest BCUT2D eigenvalue weighted by Gasteiger charge is 2.03. The minimum Gasteiger partial charge on any atom is -0.284 e. The van der Waals surface area contributed by atoms with Gasteiger partial charge < -0.3 is 0 Å². The number of hydrogen-bond donors (Lipinski definition) is 0. The molecule has 6 heavy (non-hydrogen) atoms. The number of hydrogen-bond acceptors (Lipinski definition) is 1. The van der Waals surface area contributed by atoms with Gasteiger partial charge in [0.05, 0.1) is 0 Å². The van der Waals surface area contributed by atoms with Crippen molar-refractivity contribution in [2.75, 3.05) is 0 Å². The molecule has 0 fully saturated rings. The highest BCUT2D eigenvalue weighted by molar-refractivity contribution is 9.20. The second-order valence-corrected chi connectivity index (χ2v) is 3.27. The molecule has 0 bridgehead atoms. The quantitative estimate of drug-likeness (QED) is 0.502. The molecule has 0 saturated carbocycles. The van der Waals surface area contributed by atoms with Crippen LogP contribution in [0.3, 0.4) is 0 Å². The molecule has 0 aromatic carbocycles. The van der Waals surface area contributed by atoms with Gasteiger partial charge in [-0.15, -0.1) is 11.6 Å². The van der Waals surface area contributed by atoms with Crippen molar-refractivity contribution in [3.63, 3.8) is 0 Å². The average molecular weight is 236 g/mol. The molecular formula is C2HBr2ClO. The summed E-state index contributed by atoms with van der Waals surface area (Å²) >= 11 is 10.6. The minimum atomic E-state index is -0.586. The maximum absolute atomic E-state index is 9.88. The summed E-state index contributed by atoms with van der Waals surface area (Å²) in [5, 5.41) is 0. The van der Waals surface area contributed by atoms with Crippen LogP contribution in [-0.4, -0.2) is 8.98 Å². The van der Waals surface area contributed by atoms with Crippen LogP contribution >= 0.6 is 43.5 Å². The Bertz CT molecular complexity index is 62.6. The van der Waals surface area contributed by atoms with Crippen molar-refractivity contribution in [1.82, 2.24) is 0 Å². The molecule has 0 amide bonds. The predicted molar refractivity (Wildman–Crippen MR) is 32.5 cm³/mol. The number of carbonyl (C=O) groups is 1. The van der Waals surface area contributed by atoms with Gasteiger partial charge in [0, 0.05) is 0 Å². The van der Waals surface area contributed by atoms with Gasteiger partial charge in [0.15, 0.2) is 4.29 Å². The first-order valence-electron chi connectivity index (χ1n) is 1.12. The molecule has 0 rings (SSSR count). The lowest BCUT2D eigenvalue weighted by atomic mass is 10.9. The maximum Gasteiger partial charge on any atom is 0.226 e. The summed E-state index contributed by atoms with van der Waals surface area (Å²) in [6, 6.07) is 0. The zero-order chi connectivity index (χ0) is 5.15. The number of rotatable bonds is 1. The zero-order valence-electron chi connectivity index (χ0n) is 2.62. The molecule has 0 N–H and O–H groups in total. The lowest BCUT2D eigenvalue weighted by Gasteiger charge is -1.83. The van der Waals surface area contributed by atoms with Gasteiger partial charge >= 0.3 is 0 Å². The second kappa shape index (κ2) is 2.99. The normalized spacial score (nSPS) is 13.8. The molecule has 0 spiro atoms. The van der Waals surface area contributed by atoms with E-state index >= 15 is 0 Å². The van der Waals surface area contributed by atoms with Crippen LogP contribution in [0.2, 0.25) is 0 Å². The van der Waals surface area contributed by atoms with Crippen LogP contribution < -0.4 is 0 Å². The van der Waals surface area contributed by atoms with E-state index in [1.807, 2.05) is 0 Å². The third-order valence-electron chi connectivity index (χ3n) is 0.172. The molecule has 1 atom stereocenters. The molecule has 0 radical (unpaired) electrons. The molecule has 0 saturated heterocycles. The van der Waals surface area contributed by atoms with Gasteiger partial charge in [-0.2, -0.15) is 0 Å². The van der Waals surface area contributed by atoms with Crippen molar-refractivity contribution in [1.29, 1.82) is 0 Å². The molecule has 1 nitrogen and oxygen atoms in total. The van der Waals surface area contributed by atoms with E-state index in [-0.39, 0.29) is 4.69 Å². The fraction of sp³-hybridized carbons (Fsp3) is 0.500. The van der Waals surface area contributed by atoms with Crippen molar-refractivity contribution in [3.8, 4) is 0 Å². The van der Waals surface area contributed by atoms with E-state index in [4.69, 9.17) is 11.6 Å². The fourth-order valence-electron chi connectivity index (χ4n) is 0. The van der Waals surface area contributed by atoms with Crippen molar-refractivity contribution >= 4 is 48.2 Å². The fourth-order valence-corrected chi connectivity index (χ4v) is 0. The maximum atomic E-state index is 9.88. The average Bonchev–Trinajstić information content (AvgIpc) is 1.36. The Morgan fingerprint density at radius 2 is 2.00 bits per heavy atom. The first-order chi connectivity index (χ1) is 2.64. The first-order valence-corrected chi connectivity index (χ1v) is 3.26. The Morgan fingerprint density at radius 1 is 1.83 bits per heavy atom. The molecule has 0 aromatic heterocycles. The van der Waals surface area contributed by atoms with Gasteiger partial charge in [-0.05, 0) is 15.9 Å². The zero-order valence-corrected chi connectivity index (χ0v) is 6.55. The van der Waals surface area contributed by atoms with Crippen molar-refractivity contribution in [2.45, 2.75) is 4.29 Å². The molecule has 0 aromatic rings. The predicted octanol–water partition coefficient (Wildman–Crippen LogP) is 1.87. The van der Waals surface area contributed by atoms with Crippen LogP contribution in [0.25, 0.3) is 0 Å². The molecule has 0 aliphatic heterocycles. The van der Waals surface area contributed by atoms with Crippen molar-refractivity contribution < 1.29 is 4.79 Å². The summed E-state index contributed by atoms with van der Waals surface area (Å²) < 4.78 is -0.832. The van der Waals surface area contributed by atoms with E-state index in [2.05, 4.69) is 31.9 Å². The standard InChI is InChI=1S/C2HBr2ClO/c3-1(5)2(4)6/h1H. The Labute approximate surface area is 57.3 Å². The van der Waals surface area contributed by atoms with Gasteiger partial charge in [-0.1, -0.05) is 15.9 Å². The van der Waals surface area contributed by atoms with Gasteiger partial charge in [0.25, 0.3) is 0 Å². The summed E-state index contributed by atoms with van der Waals surface area (Å²) in [7, 11) is 0. The van der Waals surface area contributed by atoms with Gasteiger partial charge in [0.1, 0.15) is 0 Å². The van der Waals surface area contributed by atoms with E-state index in [0.717, 1.165) is 0 Å². The van der Waals surface area contributed by atoms with Crippen molar-refractivity contribution in [3.05, 3.63) is 0 Å². The van der Waals surface area contributed by atoms with E-state index in [9.17, 15) is 4.79 Å². The Balaban J connectivity index is 3.26. The lowest BCUT2D eigenvalue weighted by molar-refractivity contribution is -0.108. The van der Waals surface area contributed by atoms with Crippen LogP contribution in [-0.2, 0) is 4.79 Å². The van der Waals surface area contributed by atoms with Gasteiger partial charge in [-0.3, -0.25) is 4.79 Å². The van der Waals surface area contributed by atoms with E-state index in [1.54, 1.807) is 0 Å². The van der Waals surface area contributed by atoms with Gasteiger partial charge in [-0.25, -0.2) is 0 Å². The topological polar surface area (TPSA) is 17.1 Å². The highest BCUT2D eigenvalue weighted by Crippen LogP contribution is 2.08. The molecule has 0 aliphatic carbocycles. The van der Waals surface area contributed by atoms with E-state index in [1.165, 1.54) is 0 Å². The molecule has 0 heterocycles. The molecule has 1 unspecified atom stereocenters. The van der Waals surface area contributed by atoms with Crippen LogP contribution in [0.1, 0.15) is 0 Å². The Morgan fingerprint density at radius 3 is 2.00 bits per heavy atom. The SMILES string of the molecule is O=C(Br)C(Cl)Br. The highest BCUT2D eigenvalue weighted by atomic mass is 79.9. The smallest absolute Gasteiger partial charge is 0.226 e. The summed E-state index contributed by atoms with van der Waals surface area (Å²) in [4.78, 5) is 9.88. The van der Waals surface area contributed by atoms with Gasteiger partial charge in [0.2, 0.25) is 4.69 Å².